The Kier molecular flexibility index (Phi) is 9.77. The molecule has 2 saturated heterocycles. The molecular formula is C15H29N3O5. The van der Waals surface area contributed by atoms with Crippen molar-refractivity contribution in [2.75, 3.05) is 59.7 Å². The summed E-state index contributed by atoms with van der Waals surface area (Å²) in [6.07, 6.45) is 0.430. The van der Waals surface area contributed by atoms with E-state index < -0.39 is 0 Å². The number of rotatable bonds is 6. The summed E-state index contributed by atoms with van der Waals surface area (Å²) in [4.78, 5) is 25.0. The number of carboxylic acid groups (broad SMARTS) is 1. The van der Waals surface area contributed by atoms with Gasteiger partial charge in [-0.05, 0) is 14.0 Å². The van der Waals surface area contributed by atoms with Crippen LogP contribution in [0.1, 0.15) is 13.3 Å². The number of nitrogens with one attached hydrogen (secondary N) is 1. The fourth-order valence-electron chi connectivity index (χ4n) is 2.78. The number of piperazine rings is 1. The average molecular weight is 331 g/mol. The summed E-state index contributed by atoms with van der Waals surface area (Å²) in [6.45, 7) is 8.46. The van der Waals surface area contributed by atoms with Crippen molar-refractivity contribution < 1.29 is 24.2 Å². The van der Waals surface area contributed by atoms with Crippen LogP contribution in [0.25, 0.3) is 0 Å². The van der Waals surface area contributed by atoms with Crippen LogP contribution in [0.3, 0.4) is 0 Å². The van der Waals surface area contributed by atoms with E-state index in [-0.39, 0.29) is 18.4 Å². The Morgan fingerprint density at radius 3 is 2.61 bits per heavy atom. The second-order valence-electron chi connectivity index (χ2n) is 5.67. The normalized spacial score (nSPS) is 25.5. The monoisotopic (exact) mass is 331 g/mol. The van der Waals surface area contributed by atoms with Gasteiger partial charge in [0.25, 0.3) is 6.47 Å². The van der Waals surface area contributed by atoms with Gasteiger partial charge in [-0.1, -0.05) is 0 Å². The van der Waals surface area contributed by atoms with Crippen molar-refractivity contribution in [1.82, 2.24) is 15.1 Å². The number of carbonyl (C=O) groups excluding carboxylic acids is 1. The fourth-order valence-corrected chi connectivity index (χ4v) is 2.78. The molecule has 0 aromatic rings. The predicted octanol–water partition coefficient (Wildman–Crippen LogP) is -0.755. The number of carbonyl (C=O) groups is 2. The highest BCUT2D eigenvalue weighted by Crippen LogP contribution is 2.15. The van der Waals surface area contributed by atoms with Crippen molar-refractivity contribution in [3.05, 3.63) is 0 Å². The van der Waals surface area contributed by atoms with Crippen molar-refractivity contribution in [3.8, 4) is 0 Å². The molecule has 8 heteroatoms. The second-order valence-corrected chi connectivity index (χ2v) is 5.67. The molecular weight excluding hydrogens is 302 g/mol. The van der Waals surface area contributed by atoms with Crippen molar-refractivity contribution >= 4 is 12.4 Å². The van der Waals surface area contributed by atoms with Crippen LogP contribution in [0.5, 0.6) is 0 Å². The lowest BCUT2D eigenvalue weighted by Crippen LogP contribution is -2.56. The van der Waals surface area contributed by atoms with Gasteiger partial charge in [0, 0.05) is 39.2 Å². The molecule has 2 N–H and O–H groups in total. The van der Waals surface area contributed by atoms with Gasteiger partial charge in [-0.2, -0.15) is 0 Å². The summed E-state index contributed by atoms with van der Waals surface area (Å²) in [6, 6.07) is 0.437. The largest absolute Gasteiger partial charge is 0.483 e. The molecule has 0 bridgehead atoms. The van der Waals surface area contributed by atoms with E-state index in [1.54, 1.807) is 0 Å². The Hall–Kier alpha value is -1.22. The molecule has 0 aromatic carbocycles. The lowest BCUT2D eigenvalue weighted by atomic mass is 10.1. The minimum absolute atomic E-state index is 0.0630. The summed E-state index contributed by atoms with van der Waals surface area (Å²) in [7, 11) is 2.15. The highest BCUT2D eigenvalue weighted by Gasteiger charge is 2.35. The Labute approximate surface area is 137 Å². The minimum atomic E-state index is -0.250. The van der Waals surface area contributed by atoms with Gasteiger partial charge in [0.1, 0.15) is 0 Å². The summed E-state index contributed by atoms with van der Waals surface area (Å²) in [5.41, 5.74) is 0. The first-order valence-corrected chi connectivity index (χ1v) is 8.07. The van der Waals surface area contributed by atoms with E-state index in [1.165, 1.54) is 0 Å². The quantitative estimate of drug-likeness (QED) is 0.488. The summed E-state index contributed by atoms with van der Waals surface area (Å²) >= 11 is 0. The Balaban J connectivity index is 0.000000816. The fraction of sp³-hybridized carbons (Fsp3) is 0.867. The first-order chi connectivity index (χ1) is 11.1. The molecule has 2 rings (SSSR count). The number of amides is 1. The van der Waals surface area contributed by atoms with Gasteiger partial charge in [0.2, 0.25) is 5.91 Å². The van der Waals surface area contributed by atoms with E-state index in [0.717, 1.165) is 32.8 Å². The minimum Gasteiger partial charge on any atom is -0.483 e. The maximum absolute atomic E-state index is 11.9. The number of nitrogens with zero attached hydrogens (tertiary/aromatic N) is 2. The number of hydrogen-bond acceptors (Lipinski definition) is 6. The number of likely N-dealkylation sites (N-methyl/N-ethyl adjacent to an activating group) is 1. The molecule has 0 aromatic heterocycles. The van der Waals surface area contributed by atoms with Crippen molar-refractivity contribution in [2.45, 2.75) is 25.4 Å². The Bertz CT molecular complexity index is 348. The molecule has 2 heterocycles. The molecule has 2 atom stereocenters. The summed E-state index contributed by atoms with van der Waals surface area (Å²) in [5, 5.41) is 9.99. The van der Waals surface area contributed by atoms with Gasteiger partial charge in [0.05, 0.1) is 31.9 Å². The molecule has 0 spiro atoms. The van der Waals surface area contributed by atoms with E-state index in [1.807, 2.05) is 6.92 Å². The molecule has 2 aliphatic rings. The molecule has 8 nitrogen and oxygen atoms in total. The van der Waals surface area contributed by atoms with Crippen molar-refractivity contribution in [2.24, 2.45) is 0 Å². The zero-order valence-electron chi connectivity index (χ0n) is 14.1. The maximum Gasteiger partial charge on any atom is 0.290 e. The highest BCUT2D eigenvalue weighted by molar-refractivity contribution is 5.76. The van der Waals surface area contributed by atoms with Crippen LogP contribution in [0.15, 0.2) is 0 Å². The van der Waals surface area contributed by atoms with Crippen LogP contribution >= 0.6 is 0 Å². The smallest absolute Gasteiger partial charge is 0.290 e. The third kappa shape index (κ3) is 7.26. The summed E-state index contributed by atoms with van der Waals surface area (Å²) < 4.78 is 10.8. The maximum atomic E-state index is 11.9. The SMILES string of the molecule is CCOCCC(=O)N[C@H]1COC[C@@H]1N1CCN(C)CC1.O=CO. The number of ether oxygens (including phenoxy) is 2. The van der Waals surface area contributed by atoms with Crippen LogP contribution in [0.2, 0.25) is 0 Å². The molecule has 0 saturated carbocycles. The van der Waals surface area contributed by atoms with E-state index in [2.05, 4.69) is 22.2 Å². The van der Waals surface area contributed by atoms with Crippen molar-refractivity contribution in [3.63, 3.8) is 0 Å². The predicted molar refractivity (Wildman–Crippen MR) is 85.4 cm³/mol. The van der Waals surface area contributed by atoms with Gasteiger partial charge in [-0.3, -0.25) is 14.5 Å². The standard InChI is InChI=1S/C14H27N3O3.CH2O2/c1-3-19-9-4-14(18)15-12-10-20-11-13(12)17-7-5-16(2)6-8-17;2-1-3/h12-13H,3-11H2,1-2H3,(H,15,18);1H,(H,2,3)/t12-,13-;/m0./s1. The lowest BCUT2D eigenvalue weighted by Gasteiger charge is -2.38. The van der Waals surface area contributed by atoms with E-state index in [4.69, 9.17) is 19.4 Å². The molecule has 0 aliphatic carbocycles. The van der Waals surface area contributed by atoms with E-state index in [9.17, 15) is 4.79 Å². The lowest BCUT2D eigenvalue weighted by molar-refractivity contribution is -0.124. The molecule has 23 heavy (non-hydrogen) atoms. The molecule has 0 radical (unpaired) electrons. The van der Waals surface area contributed by atoms with Crippen LogP contribution < -0.4 is 5.32 Å². The zero-order valence-corrected chi connectivity index (χ0v) is 14.1. The van der Waals surface area contributed by atoms with E-state index >= 15 is 0 Å². The first-order valence-electron chi connectivity index (χ1n) is 8.07. The van der Waals surface area contributed by atoms with Gasteiger partial charge in [0.15, 0.2) is 0 Å². The molecule has 134 valence electrons. The van der Waals surface area contributed by atoms with Gasteiger partial charge in [-0.15, -0.1) is 0 Å². The van der Waals surface area contributed by atoms with E-state index in [0.29, 0.717) is 32.3 Å². The van der Waals surface area contributed by atoms with Crippen LogP contribution in [-0.2, 0) is 19.1 Å². The first kappa shape index (κ1) is 19.8. The Morgan fingerprint density at radius 2 is 2.00 bits per heavy atom. The second kappa shape index (κ2) is 11.3. The third-order valence-corrected chi connectivity index (χ3v) is 4.08. The Morgan fingerprint density at radius 1 is 1.35 bits per heavy atom. The van der Waals surface area contributed by atoms with Gasteiger partial charge in [-0.25, -0.2) is 0 Å². The highest BCUT2D eigenvalue weighted by atomic mass is 16.5. The summed E-state index contributed by atoms with van der Waals surface area (Å²) in [5.74, 6) is 0.0630. The number of hydrogen-bond donors (Lipinski definition) is 2. The topological polar surface area (TPSA) is 91.3 Å². The molecule has 1 amide bonds. The van der Waals surface area contributed by atoms with Crippen LogP contribution in [0, 0.1) is 0 Å². The molecule has 2 aliphatic heterocycles. The van der Waals surface area contributed by atoms with Gasteiger partial charge < -0.3 is 24.8 Å². The van der Waals surface area contributed by atoms with Crippen LogP contribution in [-0.4, -0.2) is 99.0 Å². The van der Waals surface area contributed by atoms with Crippen LogP contribution in [0.4, 0.5) is 0 Å². The average Bonchev–Trinajstić information content (AvgIpc) is 2.97. The third-order valence-electron chi connectivity index (χ3n) is 4.08. The molecule has 2 fully saturated rings. The molecule has 0 unspecified atom stereocenters. The zero-order chi connectivity index (χ0) is 17.1. The van der Waals surface area contributed by atoms with Gasteiger partial charge >= 0.3 is 0 Å². The van der Waals surface area contributed by atoms with Crippen molar-refractivity contribution in [1.29, 1.82) is 0 Å².